The van der Waals surface area contributed by atoms with Gasteiger partial charge in [-0.2, -0.15) is 0 Å². The summed E-state index contributed by atoms with van der Waals surface area (Å²) in [5.74, 6) is 0. The van der Waals surface area contributed by atoms with E-state index in [-0.39, 0.29) is 27.1 Å². The smallest absolute Gasteiger partial charge is 0.0464 e. The van der Waals surface area contributed by atoms with E-state index in [4.69, 9.17) is 0 Å². The molecule has 0 radical (unpaired) electrons. The molecule has 0 aliphatic heterocycles. The minimum atomic E-state index is -0.196. The van der Waals surface area contributed by atoms with Crippen LogP contribution in [0, 0.1) is 20.8 Å². The fourth-order valence-electron chi connectivity index (χ4n) is 20.7. The molecule has 2 nitrogen and oxygen atoms in total. The van der Waals surface area contributed by atoms with Gasteiger partial charge >= 0.3 is 0 Å². The van der Waals surface area contributed by atoms with Crippen molar-refractivity contribution in [2.75, 3.05) is 9.80 Å². The quantitative estimate of drug-likeness (QED) is 0.0667. The van der Waals surface area contributed by atoms with Gasteiger partial charge in [0.15, 0.2) is 0 Å². The second-order valence-electron chi connectivity index (χ2n) is 37.2. The van der Waals surface area contributed by atoms with E-state index in [1.54, 1.807) is 0 Å². The Kier molecular flexibility index (Phi) is 21.4. The van der Waals surface area contributed by atoms with E-state index >= 15 is 0 Å². The van der Waals surface area contributed by atoms with E-state index < -0.39 is 0 Å². The topological polar surface area (TPSA) is 6.48 Å². The van der Waals surface area contributed by atoms with Crippen molar-refractivity contribution >= 4 is 34.1 Å². The van der Waals surface area contributed by atoms with Crippen molar-refractivity contribution < 1.29 is 0 Å². The van der Waals surface area contributed by atoms with E-state index in [0.29, 0.717) is 0 Å². The van der Waals surface area contributed by atoms with Crippen molar-refractivity contribution in [2.45, 2.75) is 156 Å². The number of hydrogen-bond acceptors (Lipinski definition) is 2. The van der Waals surface area contributed by atoms with Gasteiger partial charge in [-0.15, -0.1) is 0 Å². The maximum Gasteiger partial charge on any atom is 0.0464 e. The Morgan fingerprint density at radius 2 is 0.525 bits per heavy atom. The molecule has 2 aliphatic carbocycles. The van der Waals surface area contributed by atoms with Gasteiger partial charge in [0.1, 0.15) is 0 Å². The number of aryl methyl sites for hydroxylation is 5. The van der Waals surface area contributed by atoms with Crippen molar-refractivity contribution in [3.05, 3.63) is 442 Å². The molecule has 0 amide bonds. The van der Waals surface area contributed by atoms with Crippen molar-refractivity contribution in [3.63, 3.8) is 0 Å². The molecule has 0 bridgehead atoms. The molecule has 0 heterocycles. The third-order valence-corrected chi connectivity index (χ3v) is 27.3. The number of nitrogens with zero attached hydrogens (tertiary/aromatic N) is 2. The highest BCUT2D eigenvalue weighted by atomic mass is 15.1. The summed E-state index contributed by atoms with van der Waals surface area (Å²) < 4.78 is 0. The first-order valence-electron chi connectivity index (χ1n) is 44.3. The van der Waals surface area contributed by atoms with Crippen LogP contribution in [-0.2, 0) is 39.9 Å². The lowest BCUT2D eigenvalue weighted by molar-refractivity contribution is 0.349. The number of hydrogen-bond donors (Lipinski definition) is 0. The van der Waals surface area contributed by atoms with Gasteiger partial charge in [0.25, 0.3) is 0 Å². The number of benzene rings is 16. The zero-order valence-electron chi connectivity index (χ0n) is 73.4. The average Bonchev–Trinajstić information content (AvgIpc) is 1.52. The summed E-state index contributed by atoms with van der Waals surface area (Å²) in [7, 11) is 0. The molecular formula is C120H112N2. The van der Waals surface area contributed by atoms with Crippen molar-refractivity contribution in [1.82, 2.24) is 0 Å². The van der Waals surface area contributed by atoms with E-state index in [0.717, 1.165) is 72.6 Å². The van der Waals surface area contributed by atoms with Crippen LogP contribution in [0.25, 0.3) is 89.0 Å². The molecule has 0 saturated heterocycles. The third kappa shape index (κ3) is 15.4. The van der Waals surface area contributed by atoms with Gasteiger partial charge in [-0.25, -0.2) is 0 Å². The van der Waals surface area contributed by atoms with E-state index in [1.165, 1.54) is 161 Å². The van der Waals surface area contributed by atoms with Crippen LogP contribution in [0.5, 0.6) is 0 Å². The summed E-state index contributed by atoms with van der Waals surface area (Å²) in [4.78, 5) is 4.88. The van der Waals surface area contributed by atoms with Gasteiger partial charge in [-0.1, -0.05) is 367 Å². The van der Waals surface area contributed by atoms with Crippen LogP contribution in [0.15, 0.2) is 370 Å². The summed E-state index contributed by atoms with van der Waals surface area (Å²) in [5.41, 5.74) is 43.4. The molecule has 0 N–H and O–H groups in total. The zero-order chi connectivity index (χ0) is 84.2. The Bertz CT molecular complexity index is 6430. The van der Waals surface area contributed by atoms with Crippen LogP contribution in [0.3, 0.4) is 0 Å². The molecule has 1 atom stereocenters. The fourth-order valence-corrected chi connectivity index (χ4v) is 20.7. The monoisotopic (exact) mass is 1580 g/mol. The number of rotatable bonds is 22. The van der Waals surface area contributed by atoms with Crippen molar-refractivity contribution in [1.29, 1.82) is 0 Å². The van der Waals surface area contributed by atoms with E-state index in [2.05, 4.69) is 470 Å². The summed E-state index contributed by atoms with van der Waals surface area (Å²) in [5, 5.41) is 0. The largest absolute Gasteiger partial charge is 0.310 e. The second kappa shape index (κ2) is 32.6. The molecule has 0 saturated carbocycles. The van der Waals surface area contributed by atoms with Crippen LogP contribution in [0.1, 0.15) is 167 Å². The average molecular weight is 1580 g/mol. The number of fused-ring (bicyclic) bond motifs is 4. The van der Waals surface area contributed by atoms with Crippen LogP contribution >= 0.6 is 0 Å². The second-order valence-corrected chi connectivity index (χ2v) is 37.2. The Hall–Kier alpha value is -12.9. The first-order chi connectivity index (χ1) is 59.0. The van der Waals surface area contributed by atoms with Gasteiger partial charge in [0.2, 0.25) is 0 Å². The molecule has 18 rings (SSSR count). The van der Waals surface area contributed by atoms with Gasteiger partial charge in [-0.05, 0) is 304 Å². The zero-order valence-corrected chi connectivity index (χ0v) is 73.4. The highest BCUT2D eigenvalue weighted by Crippen LogP contribution is 2.64. The molecular weight excluding hydrogens is 1470 g/mol. The SMILES string of the molecule is CCCc1ccc(-c2ccc(N(c3ccc(-c4ccc(C(C)(C)c5ccc(-c6ccccc6)cc5)cc4)cc3)c3ccc(-c4ccc5c(c4)C4(CC5(C)C)CC(C)(C)c5c(C)cc(-c6ccc(N(c7ccc(-c8ccc(CCC)cc8)cc7)c7ccc(-c8ccc(C(C)(C)c9ccc(-c%10ccccc%10)cc9)cc8)cc7)cc6C)cc54)c(C)c3)cc2)cc1. The van der Waals surface area contributed by atoms with E-state index in [9.17, 15) is 0 Å². The standard InChI is InChI=1S/C120H112N2/c1-14-22-84-28-32-88(33-29-84)94-44-61-104(62-45-94)121(106-65-48-96(49-66-106)92-40-57-102(58-41-92)118(10,11)100-53-36-90(37-54-100)86-24-18-16-19-25-86)108-69-71-110(81(3)75-108)98-52-73-112-113(77-98)120(79-116(112,6)7)80-117(8,9)115-83(5)74-99(78-114(115)120)111-72-70-109(76-82(111)4)122(105-63-46-95(47-64-105)89-34-30-85(23-15-2)31-35-89)107-67-50-97(51-68-107)93-42-59-103(60-43-93)119(12,13)101-55-38-91(39-56-101)87-26-20-17-21-27-87/h16-21,24-78H,14-15,22-23,79-80H2,1-13H3. The fraction of sp³-hybridized carbons (Fsp3) is 0.200. The predicted molar refractivity (Wildman–Crippen MR) is 521 cm³/mol. The lowest BCUT2D eigenvalue weighted by Crippen LogP contribution is -2.27. The Labute approximate surface area is 726 Å². The molecule has 0 aromatic heterocycles. The predicted octanol–water partition coefficient (Wildman–Crippen LogP) is 33.1. The van der Waals surface area contributed by atoms with Crippen LogP contribution in [-0.4, -0.2) is 0 Å². The molecule has 1 unspecified atom stereocenters. The Morgan fingerprint density at radius 3 is 0.852 bits per heavy atom. The van der Waals surface area contributed by atoms with E-state index in [1.807, 2.05) is 0 Å². The maximum absolute atomic E-state index is 2.62. The first-order valence-corrected chi connectivity index (χ1v) is 44.3. The molecule has 2 aliphatic rings. The van der Waals surface area contributed by atoms with Crippen molar-refractivity contribution in [3.8, 4) is 89.0 Å². The Balaban J connectivity index is 0.649. The molecule has 1 spiro atoms. The molecule has 16 aromatic carbocycles. The first kappa shape index (κ1) is 80.2. The van der Waals surface area contributed by atoms with Crippen LogP contribution in [0.2, 0.25) is 0 Å². The minimum absolute atomic E-state index is 0.0505. The number of anilines is 6. The summed E-state index contributed by atoms with van der Waals surface area (Å²) in [6.07, 6.45) is 6.54. The van der Waals surface area contributed by atoms with Crippen LogP contribution < -0.4 is 9.80 Å². The highest BCUT2D eigenvalue weighted by Gasteiger charge is 2.57. The molecule has 16 aromatic rings. The molecule has 602 valence electrons. The van der Waals surface area contributed by atoms with Crippen molar-refractivity contribution in [2.24, 2.45) is 0 Å². The molecule has 2 heteroatoms. The van der Waals surface area contributed by atoms with Gasteiger partial charge in [-0.3, -0.25) is 0 Å². The normalized spacial score (nSPS) is 14.5. The molecule has 122 heavy (non-hydrogen) atoms. The molecule has 0 fully saturated rings. The third-order valence-electron chi connectivity index (χ3n) is 27.3. The summed E-state index contributed by atoms with van der Waals surface area (Å²) >= 11 is 0. The Morgan fingerprint density at radius 1 is 0.246 bits per heavy atom. The lowest BCUT2D eigenvalue weighted by atomic mass is 9.72. The maximum atomic E-state index is 2.62. The summed E-state index contributed by atoms with van der Waals surface area (Å²) in [6.45, 7) is 30.9. The highest BCUT2D eigenvalue weighted by molar-refractivity contribution is 5.86. The minimum Gasteiger partial charge on any atom is -0.310 e. The van der Waals surface area contributed by atoms with Gasteiger partial charge < -0.3 is 9.80 Å². The lowest BCUT2D eigenvalue weighted by Gasteiger charge is -2.31. The van der Waals surface area contributed by atoms with Gasteiger partial charge in [0.05, 0.1) is 0 Å². The van der Waals surface area contributed by atoms with Crippen LogP contribution in [0.4, 0.5) is 34.1 Å². The van der Waals surface area contributed by atoms with Gasteiger partial charge in [0, 0.05) is 50.4 Å². The summed E-state index contributed by atoms with van der Waals surface area (Å²) in [6, 6.07) is 140.